The summed E-state index contributed by atoms with van der Waals surface area (Å²) in [6.45, 7) is 4.74. The maximum Gasteiger partial charge on any atom is 0.216 e. The molecule has 0 saturated heterocycles. The van der Waals surface area contributed by atoms with Crippen LogP contribution in [0.25, 0.3) is 0 Å². The van der Waals surface area contributed by atoms with Crippen molar-refractivity contribution in [1.82, 2.24) is 14.9 Å². The summed E-state index contributed by atoms with van der Waals surface area (Å²) in [5.41, 5.74) is 3.13. The van der Waals surface area contributed by atoms with E-state index >= 15 is 0 Å². The van der Waals surface area contributed by atoms with Crippen LogP contribution in [0.1, 0.15) is 36.5 Å². The van der Waals surface area contributed by atoms with Crippen molar-refractivity contribution in [2.45, 2.75) is 26.4 Å². The molecule has 1 heterocycles. The Balaban J connectivity index is 1.74. The second kappa shape index (κ2) is 8.64. The minimum absolute atomic E-state index is 0.400. The van der Waals surface area contributed by atoms with E-state index in [1.807, 2.05) is 30.3 Å². The quantitative estimate of drug-likeness (QED) is 0.481. The molecular formula is C20H22N4O2S. The fourth-order valence-corrected chi connectivity index (χ4v) is 2.70. The number of methoxy groups -OCH3 is 1. The molecule has 0 unspecified atom stereocenters. The molecule has 3 aromatic rings. The Labute approximate surface area is 163 Å². The average Bonchev–Trinajstić information content (AvgIpc) is 3.10. The summed E-state index contributed by atoms with van der Waals surface area (Å²) in [7, 11) is 1.65. The molecule has 0 fully saturated rings. The third-order valence-corrected chi connectivity index (χ3v) is 4.39. The Morgan fingerprint density at radius 3 is 2.63 bits per heavy atom. The SMILES string of the molecule is COc1ccc(/C=N\n2cn[nH]c2=S)cc1COc1ccc(C(C)C)cc1. The summed E-state index contributed by atoms with van der Waals surface area (Å²) in [4.78, 5) is 0. The van der Waals surface area contributed by atoms with Crippen molar-refractivity contribution in [3.8, 4) is 11.5 Å². The highest BCUT2D eigenvalue weighted by atomic mass is 32.1. The zero-order valence-corrected chi connectivity index (χ0v) is 16.4. The van der Waals surface area contributed by atoms with E-state index in [2.05, 4.69) is 41.3 Å². The van der Waals surface area contributed by atoms with Crippen LogP contribution >= 0.6 is 12.2 Å². The smallest absolute Gasteiger partial charge is 0.216 e. The van der Waals surface area contributed by atoms with Gasteiger partial charge in [-0.3, -0.25) is 5.10 Å². The molecule has 1 aromatic heterocycles. The first-order chi connectivity index (χ1) is 13.1. The summed E-state index contributed by atoms with van der Waals surface area (Å²) in [5.74, 6) is 2.09. The minimum atomic E-state index is 0.400. The van der Waals surface area contributed by atoms with Gasteiger partial charge in [-0.2, -0.15) is 14.9 Å². The predicted octanol–water partition coefficient (Wildman–Crippen LogP) is 4.53. The van der Waals surface area contributed by atoms with Gasteiger partial charge < -0.3 is 9.47 Å². The van der Waals surface area contributed by atoms with Gasteiger partial charge in [0.05, 0.1) is 13.3 Å². The number of rotatable bonds is 7. The van der Waals surface area contributed by atoms with Crippen molar-refractivity contribution in [1.29, 1.82) is 0 Å². The summed E-state index contributed by atoms with van der Waals surface area (Å²) < 4.78 is 13.3. The molecule has 0 bridgehead atoms. The maximum absolute atomic E-state index is 5.93. The molecule has 6 nitrogen and oxygen atoms in total. The van der Waals surface area contributed by atoms with Crippen LogP contribution in [0.5, 0.6) is 11.5 Å². The molecule has 3 rings (SSSR count). The van der Waals surface area contributed by atoms with Crippen LogP contribution < -0.4 is 9.47 Å². The van der Waals surface area contributed by atoms with Crippen LogP contribution in [0.4, 0.5) is 0 Å². The molecule has 0 spiro atoms. The van der Waals surface area contributed by atoms with Crippen molar-refractivity contribution in [2.75, 3.05) is 7.11 Å². The molecule has 0 atom stereocenters. The van der Waals surface area contributed by atoms with Crippen LogP contribution in [-0.2, 0) is 6.61 Å². The lowest BCUT2D eigenvalue weighted by atomic mass is 10.0. The van der Waals surface area contributed by atoms with Gasteiger partial charge in [0.25, 0.3) is 0 Å². The molecule has 7 heteroatoms. The van der Waals surface area contributed by atoms with Crippen molar-refractivity contribution in [2.24, 2.45) is 5.10 Å². The lowest BCUT2D eigenvalue weighted by molar-refractivity contribution is 0.296. The number of nitrogens with zero attached hydrogens (tertiary/aromatic N) is 3. The number of ether oxygens (including phenoxy) is 2. The maximum atomic E-state index is 5.93. The average molecular weight is 382 g/mol. The Morgan fingerprint density at radius 2 is 2.00 bits per heavy atom. The first-order valence-electron chi connectivity index (χ1n) is 8.63. The molecule has 140 valence electrons. The Hall–Kier alpha value is -2.93. The van der Waals surface area contributed by atoms with Crippen LogP contribution in [0.3, 0.4) is 0 Å². The Bertz CT molecular complexity index is 974. The van der Waals surface area contributed by atoms with Crippen LogP contribution in [-0.4, -0.2) is 28.2 Å². The highest BCUT2D eigenvalue weighted by molar-refractivity contribution is 7.71. The monoisotopic (exact) mass is 382 g/mol. The van der Waals surface area contributed by atoms with Gasteiger partial charge >= 0.3 is 0 Å². The molecule has 0 radical (unpaired) electrons. The van der Waals surface area contributed by atoms with Gasteiger partial charge in [0, 0.05) is 5.56 Å². The number of aromatic amines is 1. The Kier molecular flexibility index (Phi) is 6.03. The zero-order chi connectivity index (χ0) is 19.2. The van der Waals surface area contributed by atoms with E-state index in [9.17, 15) is 0 Å². The van der Waals surface area contributed by atoms with Crippen LogP contribution in [0.15, 0.2) is 53.9 Å². The van der Waals surface area contributed by atoms with Crippen molar-refractivity contribution >= 4 is 18.4 Å². The molecular weight excluding hydrogens is 360 g/mol. The van der Waals surface area contributed by atoms with E-state index < -0.39 is 0 Å². The van der Waals surface area contributed by atoms with E-state index in [1.165, 1.54) is 16.6 Å². The number of hydrogen-bond donors (Lipinski definition) is 1. The minimum Gasteiger partial charge on any atom is -0.496 e. The zero-order valence-electron chi connectivity index (χ0n) is 15.5. The van der Waals surface area contributed by atoms with E-state index in [1.54, 1.807) is 13.3 Å². The summed E-state index contributed by atoms with van der Waals surface area (Å²) in [6, 6.07) is 14.0. The van der Waals surface area contributed by atoms with Crippen molar-refractivity contribution in [3.63, 3.8) is 0 Å². The molecule has 0 aliphatic heterocycles. The molecule has 0 aliphatic rings. The van der Waals surface area contributed by atoms with Crippen molar-refractivity contribution in [3.05, 3.63) is 70.3 Å². The van der Waals surface area contributed by atoms with Gasteiger partial charge in [0.15, 0.2) is 0 Å². The van der Waals surface area contributed by atoms with Crippen LogP contribution in [0.2, 0.25) is 0 Å². The number of H-pyrrole nitrogens is 1. The summed E-state index contributed by atoms with van der Waals surface area (Å²) in [5, 5.41) is 10.8. The first-order valence-corrected chi connectivity index (χ1v) is 9.03. The molecule has 1 N–H and O–H groups in total. The van der Waals surface area contributed by atoms with Crippen LogP contribution in [0, 0.1) is 4.77 Å². The molecule has 0 amide bonds. The summed E-state index contributed by atoms with van der Waals surface area (Å²) in [6.07, 6.45) is 3.24. The number of hydrogen-bond acceptors (Lipinski definition) is 5. The van der Waals surface area contributed by atoms with Gasteiger partial charge in [0.1, 0.15) is 24.4 Å². The number of aromatic nitrogens is 3. The topological polar surface area (TPSA) is 64.4 Å². The Morgan fingerprint density at radius 1 is 1.22 bits per heavy atom. The predicted molar refractivity (Wildman–Crippen MR) is 108 cm³/mol. The van der Waals surface area contributed by atoms with Gasteiger partial charge in [0.2, 0.25) is 4.77 Å². The standard InChI is InChI=1S/C20H22N4O2S/c1-14(2)16-5-7-18(8-6-16)26-12-17-10-15(4-9-19(17)25-3)11-22-24-13-21-23-20(24)27/h4-11,13-14H,12H2,1-3H3,(H,23,27)/b22-11-. The van der Waals surface area contributed by atoms with Gasteiger partial charge in [-0.05, 0) is 59.6 Å². The fraction of sp³-hybridized carbons (Fsp3) is 0.250. The van der Waals surface area contributed by atoms with E-state index in [0.29, 0.717) is 17.3 Å². The summed E-state index contributed by atoms with van der Waals surface area (Å²) >= 11 is 5.08. The first kappa shape index (κ1) is 18.8. The lowest BCUT2D eigenvalue weighted by Crippen LogP contribution is -2.00. The normalized spacial score (nSPS) is 11.3. The van der Waals surface area contributed by atoms with E-state index in [4.69, 9.17) is 21.7 Å². The third kappa shape index (κ3) is 4.83. The molecule has 2 aromatic carbocycles. The van der Waals surface area contributed by atoms with E-state index in [-0.39, 0.29) is 0 Å². The molecule has 27 heavy (non-hydrogen) atoms. The van der Waals surface area contributed by atoms with E-state index in [0.717, 1.165) is 22.6 Å². The highest BCUT2D eigenvalue weighted by Gasteiger charge is 2.06. The van der Waals surface area contributed by atoms with Gasteiger partial charge in [-0.1, -0.05) is 26.0 Å². The lowest BCUT2D eigenvalue weighted by Gasteiger charge is -2.12. The van der Waals surface area contributed by atoms with Gasteiger partial charge in [-0.25, -0.2) is 0 Å². The second-order valence-electron chi connectivity index (χ2n) is 6.33. The van der Waals surface area contributed by atoms with Gasteiger partial charge in [-0.15, -0.1) is 0 Å². The number of nitrogens with one attached hydrogen (secondary N) is 1. The fourth-order valence-electron chi connectivity index (χ4n) is 2.56. The molecule has 0 saturated carbocycles. The van der Waals surface area contributed by atoms with Crippen molar-refractivity contribution < 1.29 is 9.47 Å². The third-order valence-electron chi connectivity index (χ3n) is 4.11. The largest absolute Gasteiger partial charge is 0.496 e. The second-order valence-corrected chi connectivity index (χ2v) is 6.72. The molecule has 0 aliphatic carbocycles. The highest BCUT2D eigenvalue weighted by Crippen LogP contribution is 2.23. The number of benzene rings is 2.